The molecule has 2 aromatic heterocycles. The molecule has 3 aromatic rings. The summed E-state index contributed by atoms with van der Waals surface area (Å²) >= 11 is 6.54. The van der Waals surface area contributed by atoms with E-state index in [0.29, 0.717) is 29.7 Å². The minimum absolute atomic E-state index is 0.0202. The number of carbonyl (C=O) groups excluding carboxylic acids is 2. The molecule has 1 aromatic carbocycles. The van der Waals surface area contributed by atoms with Crippen molar-refractivity contribution in [2.75, 3.05) is 50.1 Å². The van der Waals surface area contributed by atoms with Crippen LogP contribution in [0.3, 0.4) is 0 Å². The van der Waals surface area contributed by atoms with Gasteiger partial charge in [-0.25, -0.2) is 28.2 Å². The molecular formula is C34H39ClF2N6O6. The highest BCUT2D eigenvalue weighted by Gasteiger charge is 2.47. The Balaban J connectivity index is 1.45. The number of hydrogen-bond acceptors (Lipinski definition) is 9. The van der Waals surface area contributed by atoms with Crippen molar-refractivity contribution in [3.63, 3.8) is 0 Å². The molecule has 0 radical (unpaired) electrons. The highest BCUT2D eigenvalue weighted by Crippen LogP contribution is 2.42. The summed E-state index contributed by atoms with van der Waals surface area (Å²) in [6, 6.07) is 8.20. The Labute approximate surface area is 287 Å². The third-order valence-corrected chi connectivity index (χ3v) is 8.89. The molecule has 0 bridgehead atoms. The first-order valence-electron chi connectivity index (χ1n) is 15.8. The van der Waals surface area contributed by atoms with Crippen LogP contribution in [0.2, 0.25) is 5.02 Å². The molecule has 0 aliphatic carbocycles. The lowest BCUT2D eigenvalue weighted by Crippen LogP contribution is -2.53. The second kappa shape index (κ2) is 13.7. The van der Waals surface area contributed by atoms with Gasteiger partial charge in [-0.05, 0) is 51.1 Å². The molecule has 4 heterocycles. The maximum Gasteiger partial charge on any atom is 0.410 e. The third-order valence-electron chi connectivity index (χ3n) is 8.61. The summed E-state index contributed by atoms with van der Waals surface area (Å²) in [6.45, 7) is 16.6. The number of methoxy groups -OCH3 is 1. The van der Waals surface area contributed by atoms with Crippen molar-refractivity contribution in [1.29, 1.82) is 0 Å². The predicted octanol–water partition coefficient (Wildman–Crippen LogP) is 6.49. The van der Waals surface area contributed by atoms with Crippen LogP contribution in [0.4, 0.5) is 36.6 Å². The maximum absolute atomic E-state index is 14.6. The summed E-state index contributed by atoms with van der Waals surface area (Å²) < 4.78 is 46.4. The van der Waals surface area contributed by atoms with Gasteiger partial charge in [-0.1, -0.05) is 25.4 Å². The van der Waals surface area contributed by atoms with E-state index >= 15 is 0 Å². The molecule has 1 N–H and O–H groups in total. The number of likely N-dealkylation sites (tertiary alicyclic amines) is 1. The Kier molecular flexibility index (Phi) is 9.97. The summed E-state index contributed by atoms with van der Waals surface area (Å²) in [6.07, 6.45) is -0.422. The summed E-state index contributed by atoms with van der Waals surface area (Å²) in [5.74, 6) is -5.03. The van der Waals surface area contributed by atoms with Crippen LogP contribution in [-0.2, 0) is 20.8 Å². The SMILES string of the molecule is [C-]#[N+]c1cc(Cl)c(Nc2ccc3c(c2)cc(OCC(=O)OC)c(=O)n3CC2CN(C(=O)OC(C)(C)C)C2)nc1N1C[C@@H](C)C(F)(F)[C@@H](C)C1. The molecule has 0 saturated carbocycles. The van der Waals surface area contributed by atoms with E-state index in [1.165, 1.54) is 33.1 Å². The van der Waals surface area contributed by atoms with Crippen LogP contribution < -0.4 is 20.5 Å². The number of esters is 1. The van der Waals surface area contributed by atoms with Crippen LogP contribution in [0.25, 0.3) is 15.7 Å². The number of nitrogens with zero attached hydrogens (tertiary/aromatic N) is 5. The van der Waals surface area contributed by atoms with Crippen LogP contribution in [-0.4, -0.2) is 77.9 Å². The van der Waals surface area contributed by atoms with Gasteiger partial charge >= 0.3 is 12.1 Å². The fraction of sp³-hybridized carbons (Fsp3) is 0.500. The van der Waals surface area contributed by atoms with E-state index in [2.05, 4.69) is 19.9 Å². The molecule has 262 valence electrons. The van der Waals surface area contributed by atoms with E-state index in [1.807, 2.05) is 0 Å². The number of hydrogen-bond donors (Lipinski definition) is 1. The van der Waals surface area contributed by atoms with Gasteiger partial charge in [-0.2, -0.15) is 0 Å². The molecule has 5 rings (SSSR count). The molecule has 12 nitrogen and oxygen atoms in total. The lowest BCUT2D eigenvalue weighted by atomic mass is 9.87. The number of carbonyl (C=O) groups is 2. The Morgan fingerprint density at radius 1 is 1.12 bits per heavy atom. The number of halogens is 3. The molecule has 49 heavy (non-hydrogen) atoms. The smallest absolute Gasteiger partial charge is 0.410 e. The van der Waals surface area contributed by atoms with Gasteiger partial charge in [0.2, 0.25) is 5.69 Å². The summed E-state index contributed by atoms with van der Waals surface area (Å²) in [5.41, 5.74) is 0.176. The van der Waals surface area contributed by atoms with E-state index in [1.54, 1.807) is 53.3 Å². The topological polar surface area (TPSA) is 120 Å². The van der Waals surface area contributed by atoms with Crippen LogP contribution in [0, 0.1) is 24.3 Å². The number of ether oxygens (including phenoxy) is 3. The van der Waals surface area contributed by atoms with Crippen molar-refractivity contribution >= 4 is 57.6 Å². The van der Waals surface area contributed by atoms with Crippen molar-refractivity contribution in [2.24, 2.45) is 17.8 Å². The highest BCUT2D eigenvalue weighted by molar-refractivity contribution is 6.33. The van der Waals surface area contributed by atoms with Crippen molar-refractivity contribution in [1.82, 2.24) is 14.5 Å². The number of piperidine rings is 1. The zero-order valence-electron chi connectivity index (χ0n) is 28.2. The number of anilines is 3. The zero-order valence-corrected chi connectivity index (χ0v) is 28.9. The van der Waals surface area contributed by atoms with Crippen LogP contribution in [0.5, 0.6) is 5.75 Å². The fourth-order valence-electron chi connectivity index (χ4n) is 5.99. The molecule has 15 heteroatoms. The Morgan fingerprint density at radius 2 is 1.80 bits per heavy atom. The van der Waals surface area contributed by atoms with Crippen LogP contribution in [0.15, 0.2) is 35.1 Å². The van der Waals surface area contributed by atoms with Gasteiger partial charge in [0, 0.05) is 61.6 Å². The second-order valence-corrected chi connectivity index (χ2v) is 14.0. The van der Waals surface area contributed by atoms with Gasteiger partial charge < -0.3 is 33.9 Å². The largest absolute Gasteiger partial charge is 0.476 e. The van der Waals surface area contributed by atoms with Crippen molar-refractivity contribution in [3.8, 4) is 5.75 Å². The Bertz CT molecular complexity index is 1850. The monoisotopic (exact) mass is 700 g/mol. The van der Waals surface area contributed by atoms with Crippen molar-refractivity contribution in [2.45, 2.75) is 52.7 Å². The van der Waals surface area contributed by atoms with Crippen molar-refractivity contribution in [3.05, 3.63) is 57.1 Å². The number of aromatic nitrogens is 2. The average molecular weight is 701 g/mol. The van der Waals surface area contributed by atoms with E-state index in [9.17, 15) is 23.2 Å². The average Bonchev–Trinajstić information content (AvgIpc) is 3.00. The standard InChI is InChI=1S/C34H39ClF2N6O6/c1-19-13-41(14-20(2)34(19,36)37)30-25(38-6)12-24(35)29(40-30)39-23-8-9-26-22(10-23)11-27(48-18-28(44)47-7)31(45)43(26)17-21-15-42(16-21)32(46)49-33(3,4)5/h8-12,19-21H,13-18H2,1-5,7H3,(H,39,40)/t19-,20+. The number of fused-ring (bicyclic) bond motifs is 1. The molecule has 2 aliphatic heterocycles. The molecule has 0 unspecified atom stereocenters. The van der Waals surface area contributed by atoms with E-state index in [-0.39, 0.29) is 53.6 Å². The van der Waals surface area contributed by atoms with Gasteiger partial charge in [0.25, 0.3) is 11.5 Å². The molecule has 1 amide bonds. The predicted molar refractivity (Wildman–Crippen MR) is 181 cm³/mol. The van der Waals surface area contributed by atoms with Gasteiger partial charge in [-0.3, -0.25) is 4.79 Å². The number of amides is 1. The number of alkyl halides is 2. The van der Waals surface area contributed by atoms with Gasteiger partial charge in [-0.15, -0.1) is 0 Å². The van der Waals surface area contributed by atoms with E-state index in [0.717, 1.165) is 0 Å². The molecular weight excluding hydrogens is 662 g/mol. The van der Waals surface area contributed by atoms with Crippen LogP contribution in [0.1, 0.15) is 34.6 Å². The number of pyridine rings is 2. The third kappa shape index (κ3) is 7.67. The van der Waals surface area contributed by atoms with Gasteiger partial charge in [0.1, 0.15) is 17.2 Å². The zero-order chi connectivity index (χ0) is 35.8. The quantitative estimate of drug-likeness (QED) is 0.208. The first kappa shape index (κ1) is 35.7. The molecule has 2 saturated heterocycles. The summed E-state index contributed by atoms with van der Waals surface area (Å²) in [5, 5.41) is 3.91. The Hall–Kier alpha value is -4.64. The normalized spacial score (nSPS) is 19.2. The fourth-order valence-corrected chi connectivity index (χ4v) is 6.18. The molecule has 2 fully saturated rings. The summed E-state index contributed by atoms with van der Waals surface area (Å²) in [7, 11) is 1.21. The highest BCUT2D eigenvalue weighted by atomic mass is 35.5. The van der Waals surface area contributed by atoms with Crippen molar-refractivity contribution < 1.29 is 32.6 Å². The van der Waals surface area contributed by atoms with Gasteiger partial charge in [0.15, 0.2) is 12.4 Å². The number of nitrogens with one attached hydrogen (secondary N) is 1. The summed E-state index contributed by atoms with van der Waals surface area (Å²) in [4.78, 5) is 49.3. The van der Waals surface area contributed by atoms with E-state index < -0.39 is 47.6 Å². The minimum atomic E-state index is -2.84. The second-order valence-electron chi connectivity index (χ2n) is 13.6. The minimum Gasteiger partial charge on any atom is -0.476 e. The van der Waals surface area contributed by atoms with E-state index in [4.69, 9.17) is 27.6 Å². The maximum atomic E-state index is 14.6. The lowest BCUT2D eigenvalue weighted by molar-refractivity contribution is -0.142. The number of rotatable bonds is 8. The van der Waals surface area contributed by atoms with Crippen LogP contribution >= 0.6 is 11.6 Å². The molecule has 0 spiro atoms. The number of benzene rings is 1. The van der Waals surface area contributed by atoms with Gasteiger partial charge in [0.05, 0.1) is 24.2 Å². The molecule has 2 aliphatic rings. The lowest BCUT2D eigenvalue weighted by Gasteiger charge is -2.42. The first-order valence-corrected chi connectivity index (χ1v) is 16.2. The Morgan fingerprint density at radius 3 is 2.41 bits per heavy atom. The first-order chi connectivity index (χ1) is 23.0. The molecule has 2 atom stereocenters.